The van der Waals surface area contributed by atoms with Crippen molar-refractivity contribution in [2.45, 2.75) is 24.0 Å². The second-order valence-corrected chi connectivity index (χ2v) is 8.70. The van der Waals surface area contributed by atoms with Crippen LogP contribution in [0.15, 0.2) is 36.9 Å². The normalized spacial score (nSPS) is 47.8. The highest BCUT2D eigenvalue weighted by Crippen LogP contribution is 2.73. The maximum atomic E-state index is 13.9. The van der Waals surface area contributed by atoms with Gasteiger partial charge in [0.1, 0.15) is 5.41 Å². The number of hydroxylamine groups is 1. The zero-order valence-corrected chi connectivity index (χ0v) is 15.2. The van der Waals surface area contributed by atoms with E-state index in [0.717, 1.165) is 30.8 Å². The van der Waals surface area contributed by atoms with Crippen molar-refractivity contribution in [2.24, 2.45) is 23.2 Å². The quantitative estimate of drug-likeness (QED) is 0.764. The number of rotatable bonds is 2. The number of carbonyl (C=O) groups excluding carboxylic acids is 1. The summed E-state index contributed by atoms with van der Waals surface area (Å²) in [4.78, 5) is 21.9. The predicted octanol–water partition coefficient (Wildman–Crippen LogP) is 1.98. The molecule has 26 heavy (non-hydrogen) atoms. The van der Waals surface area contributed by atoms with E-state index >= 15 is 0 Å². The smallest absolute Gasteiger partial charge is 0.264 e. The first-order valence-corrected chi connectivity index (χ1v) is 9.55. The molecule has 1 aromatic rings. The summed E-state index contributed by atoms with van der Waals surface area (Å²) in [5.41, 5.74) is 1.27. The van der Waals surface area contributed by atoms with Crippen LogP contribution in [-0.2, 0) is 19.8 Å². The number of para-hydroxylation sites is 1. The molecule has 6 rings (SSSR count). The average molecular weight is 352 g/mol. The molecule has 3 heterocycles. The summed E-state index contributed by atoms with van der Waals surface area (Å²) in [6, 6.07) is 8.47. The molecular formula is C21H24N2O3. The summed E-state index contributed by atoms with van der Waals surface area (Å²) in [6.07, 6.45) is 3.04. The minimum Gasteiger partial charge on any atom is -0.376 e. The van der Waals surface area contributed by atoms with Gasteiger partial charge in [-0.1, -0.05) is 24.3 Å². The fourth-order valence-electron chi connectivity index (χ4n) is 7.64. The second-order valence-electron chi connectivity index (χ2n) is 8.70. The lowest BCUT2D eigenvalue weighted by molar-refractivity contribution is -0.159. The molecule has 5 nitrogen and oxygen atoms in total. The molecule has 2 saturated heterocycles. The molecule has 2 saturated carbocycles. The Morgan fingerprint density at radius 2 is 2.19 bits per heavy atom. The lowest BCUT2D eigenvalue weighted by Gasteiger charge is -2.54. The van der Waals surface area contributed by atoms with E-state index < -0.39 is 5.41 Å². The molecule has 0 unspecified atom stereocenters. The van der Waals surface area contributed by atoms with Gasteiger partial charge < -0.3 is 9.64 Å². The number of piperidine rings is 1. The third-order valence-corrected chi connectivity index (χ3v) is 8.22. The predicted molar refractivity (Wildman–Crippen MR) is 96.5 cm³/mol. The highest BCUT2D eigenvalue weighted by molar-refractivity contribution is 6.08. The molecule has 2 aliphatic carbocycles. The Balaban J connectivity index is 1.68. The van der Waals surface area contributed by atoms with Crippen LogP contribution in [0.3, 0.4) is 0 Å². The number of hydrogen-bond acceptors (Lipinski definition) is 4. The number of benzene rings is 1. The zero-order valence-electron chi connectivity index (χ0n) is 15.2. The Morgan fingerprint density at radius 1 is 1.38 bits per heavy atom. The molecule has 0 radical (unpaired) electrons. The number of fused-ring (bicyclic) bond motifs is 5. The fraction of sp³-hybridized carbons (Fsp3) is 0.571. The Hall–Kier alpha value is -1.69. The lowest BCUT2D eigenvalue weighted by atomic mass is 9.51. The van der Waals surface area contributed by atoms with E-state index in [0.29, 0.717) is 17.9 Å². The molecule has 1 amide bonds. The number of nitrogens with zero attached hydrogens (tertiary/aromatic N) is 2. The van der Waals surface area contributed by atoms with E-state index in [2.05, 4.69) is 30.7 Å². The van der Waals surface area contributed by atoms with Gasteiger partial charge in [0.25, 0.3) is 5.91 Å². The molecule has 136 valence electrons. The van der Waals surface area contributed by atoms with Gasteiger partial charge in [-0.3, -0.25) is 9.63 Å². The van der Waals surface area contributed by atoms with Crippen LogP contribution in [0.1, 0.15) is 12.0 Å². The summed E-state index contributed by atoms with van der Waals surface area (Å²) in [6.45, 7) is 6.00. The molecule has 7 atom stereocenters. The van der Waals surface area contributed by atoms with E-state index in [1.54, 1.807) is 7.11 Å². The van der Waals surface area contributed by atoms with E-state index in [9.17, 15) is 4.79 Å². The van der Waals surface area contributed by atoms with Gasteiger partial charge in [0, 0.05) is 29.8 Å². The van der Waals surface area contributed by atoms with Crippen LogP contribution < -0.4 is 5.06 Å². The molecule has 5 bridgehead atoms. The molecular weight excluding hydrogens is 328 g/mol. The minimum absolute atomic E-state index is 0.0170. The topological polar surface area (TPSA) is 42.0 Å². The van der Waals surface area contributed by atoms with Crippen LogP contribution in [0.2, 0.25) is 0 Å². The number of likely N-dealkylation sites (tertiary alicyclic amines) is 1. The van der Waals surface area contributed by atoms with Crippen LogP contribution in [0.5, 0.6) is 0 Å². The molecule has 5 aliphatic rings. The average Bonchev–Trinajstić information content (AvgIpc) is 3.13. The van der Waals surface area contributed by atoms with Gasteiger partial charge in [-0.15, -0.1) is 6.58 Å². The van der Waals surface area contributed by atoms with Crippen LogP contribution in [0.4, 0.5) is 5.69 Å². The fourth-order valence-corrected chi connectivity index (χ4v) is 7.64. The third kappa shape index (κ3) is 1.30. The van der Waals surface area contributed by atoms with Gasteiger partial charge >= 0.3 is 0 Å². The van der Waals surface area contributed by atoms with E-state index in [4.69, 9.17) is 9.57 Å². The zero-order chi connectivity index (χ0) is 17.8. The number of hydrogen-bond donors (Lipinski definition) is 0. The van der Waals surface area contributed by atoms with Gasteiger partial charge in [0.2, 0.25) is 0 Å². The van der Waals surface area contributed by atoms with Gasteiger partial charge in [-0.2, -0.15) is 5.06 Å². The van der Waals surface area contributed by atoms with Crippen molar-refractivity contribution in [2.75, 3.05) is 32.4 Å². The Morgan fingerprint density at radius 3 is 2.96 bits per heavy atom. The first-order chi connectivity index (χ1) is 12.6. The first-order valence-electron chi connectivity index (χ1n) is 9.55. The Kier molecular flexibility index (Phi) is 2.71. The van der Waals surface area contributed by atoms with Crippen molar-refractivity contribution in [3.8, 4) is 0 Å². The number of carbonyl (C=O) groups is 1. The van der Waals surface area contributed by atoms with Gasteiger partial charge in [0.15, 0.2) is 0 Å². The van der Waals surface area contributed by atoms with Crippen LogP contribution in [0.25, 0.3) is 0 Å². The van der Waals surface area contributed by atoms with Gasteiger partial charge in [-0.05, 0) is 31.0 Å². The van der Waals surface area contributed by atoms with Crippen molar-refractivity contribution in [3.05, 3.63) is 42.5 Å². The van der Waals surface area contributed by atoms with Crippen molar-refractivity contribution in [3.63, 3.8) is 0 Å². The highest BCUT2D eigenvalue weighted by Gasteiger charge is 2.80. The van der Waals surface area contributed by atoms with Gasteiger partial charge in [0.05, 0.1) is 25.5 Å². The van der Waals surface area contributed by atoms with E-state index in [1.165, 1.54) is 5.06 Å². The monoisotopic (exact) mass is 352 g/mol. The summed E-state index contributed by atoms with van der Waals surface area (Å²) in [5, 5.41) is 1.50. The second kappa shape index (κ2) is 4.58. The summed E-state index contributed by atoms with van der Waals surface area (Å²) in [5.74, 6) is 1.31. The van der Waals surface area contributed by atoms with Crippen molar-refractivity contribution in [1.29, 1.82) is 0 Å². The minimum atomic E-state index is -0.669. The number of anilines is 1. The Labute approximate surface area is 153 Å². The molecule has 1 spiro atoms. The third-order valence-electron chi connectivity index (χ3n) is 8.22. The summed E-state index contributed by atoms with van der Waals surface area (Å²) in [7, 11) is 3.78. The van der Waals surface area contributed by atoms with Gasteiger partial charge in [-0.25, -0.2) is 0 Å². The van der Waals surface area contributed by atoms with Crippen molar-refractivity contribution in [1.82, 2.24) is 4.90 Å². The van der Waals surface area contributed by atoms with E-state index in [-0.39, 0.29) is 23.3 Å². The molecule has 5 heteroatoms. The standard InChI is InChI=1S/C21H24N2O3/c1-4-20-11-22(2)17-12-10-26-16(9-14(12)20)21(18(17)20)13-7-5-6-8-15(13)23(25-3)19(21)24/h4-8,12,14,16-18H,1,9-11H2,2-3H3/t12-,14+,16+,17+,18-,20-,21-/m1/s1. The molecule has 0 aromatic heterocycles. The summed E-state index contributed by atoms with van der Waals surface area (Å²) < 4.78 is 6.39. The maximum absolute atomic E-state index is 13.9. The molecule has 1 aromatic carbocycles. The number of ether oxygens (including phenoxy) is 1. The van der Waals surface area contributed by atoms with Crippen LogP contribution in [0, 0.1) is 23.2 Å². The molecule has 0 N–H and O–H groups in total. The number of amides is 1. The molecule has 3 aliphatic heterocycles. The largest absolute Gasteiger partial charge is 0.376 e. The van der Waals surface area contributed by atoms with Crippen LogP contribution >= 0.6 is 0 Å². The first kappa shape index (κ1) is 15.4. The van der Waals surface area contributed by atoms with Crippen molar-refractivity contribution >= 4 is 11.6 Å². The summed E-state index contributed by atoms with van der Waals surface area (Å²) >= 11 is 0. The Bertz CT molecular complexity index is 840. The van der Waals surface area contributed by atoms with E-state index in [1.807, 2.05) is 18.2 Å². The van der Waals surface area contributed by atoms with Crippen molar-refractivity contribution < 1.29 is 14.4 Å². The highest BCUT2D eigenvalue weighted by atomic mass is 16.7. The maximum Gasteiger partial charge on any atom is 0.264 e. The SMILES string of the molecule is C=C[C@@]12CN(C)[C@H]3[C@@H]4CO[C@@H](C[C@@H]41)[C@@]1(C(=O)N(OC)c4ccccc41)[C@H]32. The van der Waals surface area contributed by atoms with Crippen LogP contribution in [-0.4, -0.2) is 50.3 Å². The lowest BCUT2D eigenvalue weighted by Crippen LogP contribution is -2.63. The molecule has 4 fully saturated rings.